The lowest BCUT2D eigenvalue weighted by molar-refractivity contribution is -0.152. The molecule has 32 heavy (non-hydrogen) atoms. The molecule has 3 rings (SSSR count). The molecule has 0 aliphatic heterocycles. The molecule has 170 valence electrons. The first-order chi connectivity index (χ1) is 15.0. The van der Waals surface area contributed by atoms with Crippen molar-refractivity contribution >= 4 is 18.0 Å². The fourth-order valence-corrected chi connectivity index (χ4v) is 3.72. The summed E-state index contributed by atoms with van der Waals surface area (Å²) in [5, 5.41) is 14.7. The van der Waals surface area contributed by atoms with Crippen molar-refractivity contribution in [2.45, 2.75) is 52.1 Å². The SMILES string of the molecule is C[C@H](NC(=O)OCC1c2ccccc2-c2ccccc21)C(=O)NC(C)(C)C(C)(C)C(=O)O. The number of alkyl carbamates (subject to hydrolysis) is 1. The van der Waals surface area contributed by atoms with Gasteiger partial charge in [-0.2, -0.15) is 0 Å². The summed E-state index contributed by atoms with van der Waals surface area (Å²) >= 11 is 0. The quantitative estimate of drug-likeness (QED) is 0.608. The van der Waals surface area contributed by atoms with Crippen molar-refractivity contribution in [3.8, 4) is 11.1 Å². The summed E-state index contributed by atoms with van der Waals surface area (Å²) in [6, 6.07) is 15.2. The van der Waals surface area contributed by atoms with Crippen LogP contribution in [-0.4, -0.2) is 41.3 Å². The van der Waals surface area contributed by atoms with Gasteiger partial charge in [-0.05, 0) is 56.9 Å². The standard InChI is InChI=1S/C25H30N2O5/c1-15(21(28)27-25(4,5)24(2,3)22(29)30)26-23(31)32-14-20-18-12-8-6-10-16(18)17-11-7-9-13-19(17)20/h6-13,15,20H,14H2,1-5H3,(H,26,31)(H,27,28)(H,29,30)/t15-/m0/s1. The Kier molecular flexibility index (Phi) is 6.30. The number of carbonyl (C=O) groups excluding carboxylic acids is 2. The second-order valence-electron chi connectivity index (χ2n) is 9.24. The molecule has 2 aromatic rings. The molecule has 1 aliphatic carbocycles. The Labute approximate surface area is 188 Å². The lowest BCUT2D eigenvalue weighted by Gasteiger charge is -2.39. The maximum atomic E-state index is 12.6. The largest absolute Gasteiger partial charge is 0.481 e. The van der Waals surface area contributed by atoms with E-state index in [1.807, 2.05) is 36.4 Å². The Hall–Kier alpha value is -3.35. The van der Waals surface area contributed by atoms with Gasteiger partial charge in [-0.1, -0.05) is 48.5 Å². The van der Waals surface area contributed by atoms with Crippen LogP contribution in [0.5, 0.6) is 0 Å². The van der Waals surface area contributed by atoms with E-state index in [4.69, 9.17) is 4.74 Å². The average molecular weight is 439 g/mol. The summed E-state index contributed by atoms with van der Waals surface area (Å²) in [6.07, 6.45) is -0.704. The molecule has 0 fully saturated rings. The molecule has 0 saturated heterocycles. The summed E-state index contributed by atoms with van der Waals surface area (Å²) in [5.74, 6) is -1.59. The van der Waals surface area contributed by atoms with E-state index in [9.17, 15) is 19.5 Å². The van der Waals surface area contributed by atoms with Gasteiger partial charge in [-0.3, -0.25) is 9.59 Å². The van der Waals surface area contributed by atoms with Gasteiger partial charge in [0.2, 0.25) is 5.91 Å². The number of benzene rings is 2. The van der Waals surface area contributed by atoms with Gasteiger partial charge < -0.3 is 20.5 Å². The zero-order valence-electron chi connectivity index (χ0n) is 19.1. The van der Waals surface area contributed by atoms with Gasteiger partial charge in [0.05, 0.1) is 11.0 Å². The van der Waals surface area contributed by atoms with Crippen LogP contribution in [0.1, 0.15) is 51.7 Å². The number of ether oxygens (including phenoxy) is 1. The number of aliphatic carboxylic acids is 1. The van der Waals surface area contributed by atoms with Crippen LogP contribution >= 0.6 is 0 Å². The predicted molar refractivity (Wildman–Crippen MR) is 121 cm³/mol. The molecule has 7 heteroatoms. The summed E-state index contributed by atoms with van der Waals surface area (Å²) in [4.78, 5) is 36.5. The third-order valence-electron chi connectivity index (χ3n) is 6.60. The van der Waals surface area contributed by atoms with Gasteiger partial charge in [-0.15, -0.1) is 0 Å². The Bertz CT molecular complexity index is 999. The van der Waals surface area contributed by atoms with Crippen molar-refractivity contribution < 1.29 is 24.2 Å². The van der Waals surface area contributed by atoms with Gasteiger partial charge >= 0.3 is 12.1 Å². The van der Waals surface area contributed by atoms with Crippen LogP contribution in [0, 0.1) is 5.41 Å². The van der Waals surface area contributed by atoms with Crippen molar-refractivity contribution in [2.75, 3.05) is 6.61 Å². The average Bonchev–Trinajstić information content (AvgIpc) is 3.05. The second kappa shape index (κ2) is 8.65. The predicted octanol–water partition coefficient (Wildman–Crippen LogP) is 3.92. The lowest BCUT2D eigenvalue weighted by atomic mass is 9.74. The van der Waals surface area contributed by atoms with Crippen LogP contribution in [-0.2, 0) is 14.3 Å². The minimum absolute atomic E-state index is 0.0763. The smallest absolute Gasteiger partial charge is 0.407 e. The number of carboxylic acid groups (broad SMARTS) is 1. The third kappa shape index (κ3) is 4.33. The van der Waals surface area contributed by atoms with E-state index < -0.39 is 35.0 Å². The van der Waals surface area contributed by atoms with Gasteiger partial charge in [-0.25, -0.2) is 4.79 Å². The molecular formula is C25H30N2O5. The van der Waals surface area contributed by atoms with E-state index in [2.05, 4.69) is 22.8 Å². The van der Waals surface area contributed by atoms with E-state index in [0.717, 1.165) is 22.3 Å². The Morgan fingerprint density at radius 1 is 0.969 bits per heavy atom. The number of nitrogens with one attached hydrogen (secondary N) is 2. The summed E-state index contributed by atoms with van der Waals surface area (Å²) in [5.41, 5.74) is 2.23. The topological polar surface area (TPSA) is 105 Å². The molecule has 1 atom stereocenters. The first kappa shape index (κ1) is 23.3. The normalized spacial score (nSPS) is 14.2. The summed E-state index contributed by atoms with van der Waals surface area (Å²) in [6.45, 7) is 8.03. The van der Waals surface area contributed by atoms with E-state index in [-0.39, 0.29) is 12.5 Å². The zero-order valence-corrected chi connectivity index (χ0v) is 19.1. The van der Waals surface area contributed by atoms with Crippen molar-refractivity contribution in [2.24, 2.45) is 5.41 Å². The number of carbonyl (C=O) groups is 3. The molecule has 0 heterocycles. The highest BCUT2D eigenvalue weighted by Crippen LogP contribution is 2.44. The van der Waals surface area contributed by atoms with Crippen LogP contribution in [0.2, 0.25) is 0 Å². The maximum absolute atomic E-state index is 12.6. The van der Waals surface area contributed by atoms with Gasteiger partial charge in [0.15, 0.2) is 0 Å². The van der Waals surface area contributed by atoms with E-state index in [0.29, 0.717) is 0 Å². The Morgan fingerprint density at radius 3 is 1.97 bits per heavy atom. The Balaban J connectivity index is 1.61. The lowest BCUT2D eigenvalue weighted by Crippen LogP contribution is -2.60. The molecule has 7 nitrogen and oxygen atoms in total. The van der Waals surface area contributed by atoms with Crippen LogP contribution < -0.4 is 10.6 Å². The fourth-order valence-electron chi connectivity index (χ4n) is 3.72. The monoisotopic (exact) mass is 438 g/mol. The summed E-state index contributed by atoms with van der Waals surface area (Å²) in [7, 11) is 0. The van der Waals surface area contributed by atoms with Crippen LogP contribution in [0.15, 0.2) is 48.5 Å². The number of hydrogen-bond acceptors (Lipinski definition) is 4. The van der Waals surface area contributed by atoms with Gasteiger partial charge in [0, 0.05) is 5.92 Å². The first-order valence-electron chi connectivity index (χ1n) is 10.6. The molecule has 0 radical (unpaired) electrons. The Morgan fingerprint density at radius 2 is 1.47 bits per heavy atom. The fraction of sp³-hybridized carbons (Fsp3) is 0.400. The van der Waals surface area contributed by atoms with Gasteiger partial charge in [0.1, 0.15) is 12.6 Å². The van der Waals surface area contributed by atoms with Crippen molar-refractivity contribution in [1.29, 1.82) is 0 Å². The zero-order chi connectivity index (χ0) is 23.7. The number of fused-ring (bicyclic) bond motifs is 3. The van der Waals surface area contributed by atoms with Crippen molar-refractivity contribution in [1.82, 2.24) is 10.6 Å². The molecule has 0 unspecified atom stereocenters. The number of carboxylic acids is 1. The minimum atomic E-state index is -1.20. The van der Waals surface area contributed by atoms with Crippen molar-refractivity contribution in [3.63, 3.8) is 0 Å². The highest BCUT2D eigenvalue weighted by Gasteiger charge is 2.45. The molecule has 0 bridgehead atoms. The number of rotatable bonds is 7. The van der Waals surface area contributed by atoms with Crippen LogP contribution in [0.3, 0.4) is 0 Å². The number of amides is 2. The molecule has 0 spiro atoms. The first-order valence-corrected chi connectivity index (χ1v) is 10.6. The molecule has 2 aromatic carbocycles. The molecule has 3 N–H and O–H groups in total. The molecule has 0 saturated carbocycles. The van der Waals surface area contributed by atoms with E-state index in [1.54, 1.807) is 27.7 Å². The maximum Gasteiger partial charge on any atom is 0.407 e. The molecule has 0 aromatic heterocycles. The minimum Gasteiger partial charge on any atom is -0.481 e. The van der Waals surface area contributed by atoms with Crippen LogP contribution in [0.4, 0.5) is 4.79 Å². The second-order valence-corrected chi connectivity index (χ2v) is 9.24. The van der Waals surface area contributed by atoms with E-state index >= 15 is 0 Å². The molecular weight excluding hydrogens is 408 g/mol. The third-order valence-corrected chi connectivity index (χ3v) is 6.60. The highest BCUT2D eigenvalue weighted by molar-refractivity contribution is 5.87. The molecule has 2 amide bonds. The summed E-state index contributed by atoms with van der Waals surface area (Å²) < 4.78 is 5.47. The van der Waals surface area contributed by atoms with E-state index in [1.165, 1.54) is 6.92 Å². The number of hydrogen-bond donors (Lipinski definition) is 3. The highest BCUT2D eigenvalue weighted by atomic mass is 16.5. The molecule has 1 aliphatic rings. The van der Waals surface area contributed by atoms with Crippen LogP contribution in [0.25, 0.3) is 11.1 Å². The van der Waals surface area contributed by atoms with Gasteiger partial charge in [0.25, 0.3) is 0 Å². The van der Waals surface area contributed by atoms with Crippen molar-refractivity contribution in [3.05, 3.63) is 59.7 Å².